The Morgan fingerprint density at radius 2 is 2.10 bits per heavy atom. The lowest BCUT2D eigenvalue weighted by atomic mass is 9.97. The molecule has 0 aliphatic heterocycles. The predicted molar refractivity (Wildman–Crippen MR) is 115 cm³/mol. The summed E-state index contributed by atoms with van der Waals surface area (Å²) in [6, 6.07) is 7.21. The van der Waals surface area contributed by atoms with Crippen molar-refractivity contribution < 1.29 is 9.53 Å². The zero-order valence-corrected chi connectivity index (χ0v) is 17.5. The number of para-hydroxylation sites is 1. The fourth-order valence-electron chi connectivity index (χ4n) is 3.83. The molecule has 7 nitrogen and oxygen atoms in total. The number of thioether (sulfide) groups is 1. The second-order valence-electron chi connectivity index (χ2n) is 6.91. The maximum absolute atomic E-state index is 12.7. The van der Waals surface area contributed by atoms with Crippen molar-refractivity contribution in [1.29, 1.82) is 0 Å². The van der Waals surface area contributed by atoms with Crippen molar-refractivity contribution in [3.63, 3.8) is 0 Å². The molecule has 0 bridgehead atoms. The first-order valence-corrected chi connectivity index (χ1v) is 11.2. The number of aryl methyl sites for hydroxylation is 2. The Morgan fingerprint density at radius 1 is 1.28 bits per heavy atom. The van der Waals surface area contributed by atoms with Gasteiger partial charge in [0.2, 0.25) is 5.95 Å². The highest BCUT2D eigenvalue weighted by atomic mass is 32.2. The maximum atomic E-state index is 12.7. The van der Waals surface area contributed by atoms with Gasteiger partial charge >= 0.3 is 0 Å². The van der Waals surface area contributed by atoms with Crippen molar-refractivity contribution in [2.24, 2.45) is 0 Å². The summed E-state index contributed by atoms with van der Waals surface area (Å²) in [6.07, 6.45) is 4.52. The van der Waals surface area contributed by atoms with Gasteiger partial charge in [-0.05, 0) is 43.4 Å². The minimum absolute atomic E-state index is 0.0373. The first-order valence-electron chi connectivity index (χ1n) is 9.41. The summed E-state index contributed by atoms with van der Waals surface area (Å²) in [4.78, 5) is 19.6. The average Bonchev–Trinajstić information content (AvgIpc) is 3.33. The number of rotatable bonds is 5. The number of carbonyl (C=O) groups is 1. The number of fused-ring (bicyclic) bond motifs is 5. The molecule has 2 N–H and O–H groups in total. The molecule has 0 saturated heterocycles. The van der Waals surface area contributed by atoms with Gasteiger partial charge in [0.05, 0.1) is 23.8 Å². The molecule has 3 heterocycles. The lowest BCUT2D eigenvalue weighted by Crippen LogP contribution is -2.07. The van der Waals surface area contributed by atoms with Crippen LogP contribution in [-0.2, 0) is 12.8 Å². The minimum Gasteiger partial charge on any atom is -0.496 e. The Labute approximate surface area is 175 Å². The molecule has 0 spiro atoms. The van der Waals surface area contributed by atoms with Crippen molar-refractivity contribution in [3.05, 3.63) is 40.3 Å². The first kappa shape index (κ1) is 18.4. The molecule has 1 aromatic carbocycles. The van der Waals surface area contributed by atoms with E-state index in [-0.39, 0.29) is 11.5 Å². The minimum atomic E-state index is -0.0373. The van der Waals surface area contributed by atoms with Crippen LogP contribution in [0.15, 0.2) is 29.4 Å². The number of carbonyl (C=O) groups excluding carboxylic acids is 1. The molecule has 4 aromatic rings. The highest BCUT2D eigenvalue weighted by Crippen LogP contribution is 2.38. The number of ketones is 1. The highest BCUT2D eigenvalue weighted by molar-refractivity contribution is 7.99. The molecular formula is C20H19N5O2S2. The third-order valence-corrected chi connectivity index (χ3v) is 7.31. The number of methoxy groups -OCH3 is 1. The molecule has 9 heteroatoms. The van der Waals surface area contributed by atoms with Crippen molar-refractivity contribution in [2.75, 3.05) is 18.6 Å². The number of nitrogens with two attached hydrogens (primary N) is 1. The van der Waals surface area contributed by atoms with Crippen LogP contribution in [0.5, 0.6) is 5.75 Å². The quantitative estimate of drug-likeness (QED) is 0.384. The van der Waals surface area contributed by atoms with E-state index in [0.29, 0.717) is 22.4 Å². The van der Waals surface area contributed by atoms with Crippen molar-refractivity contribution >= 4 is 50.7 Å². The zero-order valence-electron chi connectivity index (χ0n) is 15.8. The van der Waals surface area contributed by atoms with Gasteiger partial charge < -0.3 is 10.5 Å². The smallest absolute Gasteiger partial charge is 0.209 e. The maximum Gasteiger partial charge on any atom is 0.209 e. The van der Waals surface area contributed by atoms with Gasteiger partial charge in [0.25, 0.3) is 0 Å². The number of Topliss-reactive ketones (excluding diaryl/α,β-unsaturated/α-hetero) is 1. The molecule has 1 aliphatic rings. The number of benzene rings is 1. The second kappa shape index (κ2) is 7.31. The van der Waals surface area contributed by atoms with E-state index in [1.54, 1.807) is 35.0 Å². The zero-order chi connectivity index (χ0) is 20.0. The van der Waals surface area contributed by atoms with E-state index in [9.17, 15) is 4.79 Å². The summed E-state index contributed by atoms with van der Waals surface area (Å²) in [5.74, 6) is 1.09. The molecule has 29 heavy (non-hydrogen) atoms. The second-order valence-corrected chi connectivity index (χ2v) is 8.94. The van der Waals surface area contributed by atoms with Crippen molar-refractivity contribution in [3.8, 4) is 5.75 Å². The Hall–Kier alpha value is -2.65. The Balaban J connectivity index is 1.50. The number of anilines is 1. The third-order valence-electron chi connectivity index (χ3n) is 5.19. The van der Waals surface area contributed by atoms with Gasteiger partial charge in [-0.1, -0.05) is 23.9 Å². The Kier molecular flexibility index (Phi) is 4.63. The molecule has 148 valence electrons. The van der Waals surface area contributed by atoms with E-state index >= 15 is 0 Å². The molecular weight excluding hydrogens is 406 g/mol. The van der Waals surface area contributed by atoms with E-state index in [1.807, 2.05) is 12.1 Å². The van der Waals surface area contributed by atoms with E-state index < -0.39 is 0 Å². The van der Waals surface area contributed by atoms with E-state index in [1.165, 1.54) is 35.0 Å². The largest absolute Gasteiger partial charge is 0.496 e. The molecule has 1 aliphatic carbocycles. The molecule has 0 unspecified atom stereocenters. The number of aromatic nitrogens is 4. The third kappa shape index (κ3) is 3.05. The summed E-state index contributed by atoms with van der Waals surface area (Å²) >= 11 is 3.02. The van der Waals surface area contributed by atoms with E-state index in [4.69, 9.17) is 10.5 Å². The van der Waals surface area contributed by atoms with E-state index in [2.05, 4.69) is 15.2 Å². The fraction of sp³-hybridized carbons (Fsp3) is 0.300. The predicted octanol–water partition coefficient (Wildman–Crippen LogP) is 3.78. The number of thiophene rings is 1. The molecule has 0 radical (unpaired) electrons. The summed E-state index contributed by atoms with van der Waals surface area (Å²) in [5.41, 5.74) is 8.87. The highest BCUT2D eigenvalue weighted by Gasteiger charge is 2.23. The van der Waals surface area contributed by atoms with Crippen LogP contribution >= 0.6 is 23.1 Å². The van der Waals surface area contributed by atoms with Gasteiger partial charge in [-0.3, -0.25) is 4.79 Å². The van der Waals surface area contributed by atoms with Crippen LogP contribution in [0.2, 0.25) is 0 Å². The number of ether oxygens (including phenoxy) is 1. The van der Waals surface area contributed by atoms with Crippen LogP contribution in [0.25, 0.3) is 15.9 Å². The molecule has 0 fully saturated rings. The standard InChI is InChI=1S/C20H19N5O2S2/c1-27-14-8-4-2-6-11(14)13(26)10-28-20-24-23-17-16-12-7-3-5-9-15(12)29-18(16)22-19(21)25(17)20/h2,4,6,8H,3,5,7,9-10H2,1H3,(H2,21,22). The summed E-state index contributed by atoms with van der Waals surface area (Å²) < 4.78 is 7.06. The van der Waals surface area contributed by atoms with Gasteiger partial charge in [0.15, 0.2) is 16.6 Å². The van der Waals surface area contributed by atoms with Gasteiger partial charge in [-0.2, -0.15) is 0 Å². The van der Waals surface area contributed by atoms with Crippen molar-refractivity contribution in [2.45, 2.75) is 30.8 Å². The average molecular weight is 426 g/mol. The van der Waals surface area contributed by atoms with Gasteiger partial charge in [0, 0.05) is 4.88 Å². The van der Waals surface area contributed by atoms with Gasteiger partial charge in [0.1, 0.15) is 10.6 Å². The number of nitrogens with zero attached hydrogens (tertiary/aromatic N) is 4. The van der Waals surface area contributed by atoms with Crippen LogP contribution in [0.4, 0.5) is 5.95 Å². The fourth-order valence-corrected chi connectivity index (χ4v) is 5.92. The van der Waals surface area contributed by atoms with Crippen LogP contribution in [0, 0.1) is 0 Å². The van der Waals surface area contributed by atoms with Crippen LogP contribution in [0.3, 0.4) is 0 Å². The monoisotopic (exact) mass is 425 g/mol. The van der Waals surface area contributed by atoms with E-state index in [0.717, 1.165) is 28.7 Å². The van der Waals surface area contributed by atoms with Crippen LogP contribution in [0.1, 0.15) is 33.6 Å². The van der Waals surface area contributed by atoms with Gasteiger partial charge in [-0.25, -0.2) is 9.38 Å². The molecule has 0 atom stereocenters. The summed E-state index contributed by atoms with van der Waals surface area (Å²) in [5, 5.41) is 10.4. The number of nitrogen functional groups attached to an aromatic ring is 1. The van der Waals surface area contributed by atoms with Gasteiger partial charge in [-0.15, -0.1) is 21.5 Å². The topological polar surface area (TPSA) is 95.4 Å². The molecule has 0 amide bonds. The molecule has 0 saturated carbocycles. The SMILES string of the molecule is COc1ccccc1C(=O)CSc1nnc2c3c4c(sc3nc(N)n12)CCCC4. The molecule has 5 rings (SSSR count). The van der Waals surface area contributed by atoms with Crippen molar-refractivity contribution in [1.82, 2.24) is 19.6 Å². The van der Waals surface area contributed by atoms with Crippen LogP contribution < -0.4 is 10.5 Å². The number of hydrogen-bond donors (Lipinski definition) is 1. The summed E-state index contributed by atoms with van der Waals surface area (Å²) in [6.45, 7) is 0. The normalized spacial score (nSPS) is 13.7. The first-order chi connectivity index (χ1) is 14.2. The lowest BCUT2D eigenvalue weighted by Gasteiger charge is -2.10. The van der Waals surface area contributed by atoms with Crippen LogP contribution in [-0.4, -0.2) is 38.2 Å². The Bertz CT molecular complexity index is 1250. The molecule has 3 aromatic heterocycles. The number of hydrogen-bond acceptors (Lipinski definition) is 8. The Morgan fingerprint density at radius 3 is 2.97 bits per heavy atom. The summed E-state index contributed by atoms with van der Waals surface area (Å²) in [7, 11) is 1.56. The lowest BCUT2D eigenvalue weighted by molar-refractivity contribution is 0.101.